The van der Waals surface area contributed by atoms with Gasteiger partial charge in [0.15, 0.2) is 11.6 Å². The molecule has 0 heterocycles. The fourth-order valence-corrected chi connectivity index (χ4v) is 1.75. The van der Waals surface area contributed by atoms with Gasteiger partial charge in [-0.25, -0.2) is 4.39 Å². The lowest BCUT2D eigenvalue weighted by Crippen LogP contribution is -2.35. The summed E-state index contributed by atoms with van der Waals surface area (Å²) in [6.07, 6.45) is 1.01. The Morgan fingerprint density at radius 3 is 2.50 bits per heavy atom. The van der Waals surface area contributed by atoms with Gasteiger partial charge in [0.1, 0.15) is 5.69 Å². The SMILES string of the molecule is CCC(O)(CC)CNc1cc(OC)c(F)cc1[N+](=O)[O-]. The summed E-state index contributed by atoms with van der Waals surface area (Å²) in [6, 6.07) is 2.03. The summed E-state index contributed by atoms with van der Waals surface area (Å²) >= 11 is 0. The minimum absolute atomic E-state index is 0.0883. The third kappa shape index (κ3) is 3.57. The highest BCUT2D eigenvalue weighted by molar-refractivity contribution is 5.64. The van der Waals surface area contributed by atoms with E-state index in [1.807, 2.05) is 13.8 Å². The summed E-state index contributed by atoms with van der Waals surface area (Å²) in [5.74, 6) is -0.888. The van der Waals surface area contributed by atoms with Crippen molar-refractivity contribution in [1.29, 1.82) is 0 Å². The van der Waals surface area contributed by atoms with Crippen LogP contribution in [0.4, 0.5) is 15.8 Å². The van der Waals surface area contributed by atoms with Crippen LogP contribution in [0.3, 0.4) is 0 Å². The highest BCUT2D eigenvalue weighted by Crippen LogP contribution is 2.32. The zero-order chi connectivity index (χ0) is 15.3. The van der Waals surface area contributed by atoms with Gasteiger partial charge < -0.3 is 15.2 Å². The van der Waals surface area contributed by atoms with Crippen LogP contribution in [0.5, 0.6) is 5.75 Å². The lowest BCUT2D eigenvalue weighted by atomic mass is 9.97. The van der Waals surface area contributed by atoms with E-state index in [1.54, 1.807) is 0 Å². The second-order valence-corrected chi connectivity index (χ2v) is 4.55. The summed E-state index contributed by atoms with van der Waals surface area (Å²) in [7, 11) is 1.28. The van der Waals surface area contributed by atoms with E-state index in [0.29, 0.717) is 12.8 Å². The number of hydrogen-bond donors (Lipinski definition) is 2. The summed E-state index contributed by atoms with van der Waals surface area (Å²) in [5, 5.41) is 23.9. The molecule has 1 aromatic carbocycles. The molecule has 6 nitrogen and oxygen atoms in total. The van der Waals surface area contributed by atoms with E-state index in [9.17, 15) is 19.6 Å². The topological polar surface area (TPSA) is 84.6 Å². The standard InChI is InChI=1S/C13H19FN2O4/c1-4-13(17,5-2)8-15-10-7-12(20-3)9(14)6-11(10)16(18)19/h6-7,15,17H,4-5,8H2,1-3H3. The number of aliphatic hydroxyl groups is 1. The Hall–Kier alpha value is -1.89. The first-order chi connectivity index (χ1) is 9.36. The van der Waals surface area contributed by atoms with Gasteiger partial charge in [-0.2, -0.15) is 0 Å². The van der Waals surface area contributed by atoms with Crippen molar-refractivity contribution >= 4 is 11.4 Å². The van der Waals surface area contributed by atoms with E-state index >= 15 is 0 Å². The normalized spacial score (nSPS) is 11.2. The molecule has 0 saturated carbocycles. The van der Waals surface area contributed by atoms with Crippen LogP contribution in [0, 0.1) is 15.9 Å². The number of nitrogens with one attached hydrogen (secondary N) is 1. The van der Waals surface area contributed by atoms with Crippen LogP contribution in [-0.2, 0) is 0 Å². The van der Waals surface area contributed by atoms with Crippen LogP contribution >= 0.6 is 0 Å². The first kappa shape index (κ1) is 16.2. The second kappa shape index (κ2) is 6.51. The lowest BCUT2D eigenvalue weighted by molar-refractivity contribution is -0.384. The molecule has 2 N–H and O–H groups in total. The quantitative estimate of drug-likeness (QED) is 0.594. The van der Waals surface area contributed by atoms with Gasteiger partial charge in [-0.15, -0.1) is 0 Å². The largest absolute Gasteiger partial charge is 0.494 e. The third-order valence-electron chi connectivity index (χ3n) is 3.39. The van der Waals surface area contributed by atoms with Crippen molar-refractivity contribution in [3.05, 3.63) is 28.1 Å². The summed E-state index contributed by atoms with van der Waals surface area (Å²) in [5.41, 5.74) is -1.23. The van der Waals surface area contributed by atoms with Crippen LogP contribution in [-0.4, -0.2) is 29.3 Å². The minimum Gasteiger partial charge on any atom is -0.494 e. The second-order valence-electron chi connectivity index (χ2n) is 4.55. The van der Waals surface area contributed by atoms with Crippen LogP contribution in [0.1, 0.15) is 26.7 Å². The molecule has 1 rings (SSSR count). The molecule has 0 amide bonds. The number of benzene rings is 1. The van der Waals surface area contributed by atoms with Crippen LogP contribution in [0.2, 0.25) is 0 Å². The van der Waals surface area contributed by atoms with Crippen molar-refractivity contribution in [2.45, 2.75) is 32.3 Å². The van der Waals surface area contributed by atoms with E-state index in [4.69, 9.17) is 4.74 Å². The molecule has 0 bridgehead atoms. The molecule has 0 aliphatic rings. The predicted molar refractivity (Wildman–Crippen MR) is 73.6 cm³/mol. The Bertz CT molecular complexity index is 490. The number of nitro benzene ring substituents is 1. The molecule has 7 heteroatoms. The molecule has 0 fully saturated rings. The fourth-order valence-electron chi connectivity index (χ4n) is 1.75. The van der Waals surface area contributed by atoms with E-state index in [1.165, 1.54) is 13.2 Å². The Morgan fingerprint density at radius 2 is 2.05 bits per heavy atom. The monoisotopic (exact) mass is 286 g/mol. The molecule has 0 atom stereocenters. The fraction of sp³-hybridized carbons (Fsp3) is 0.538. The minimum atomic E-state index is -0.963. The van der Waals surface area contributed by atoms with E-state index in [0.717, 1.165) is 6.07 Å². The molecule has 0 saturated heterocycles. The van der Waals surface area contributed by atoms with Crippen molar-refractivity contribution in [2.24, 2.45) is 0 Å². The summed E-state index contributed by atoms with van der Waals surface area (Å²) in [4.78, 5) is 10.3. The maximum absolute atomic E-state index is 13.5. The molecule has 0 aliphatic carbocycles. The van der Waals surface area contributed by atoms with Crippen molar-refractivity contribution in [3.63, 3.8) is 0 Å². The van der Waals surface area contributed by atoms with Crippen LogP contribution in [0.15, 0.2) is 12.1 Å². The van der Waals surface area contributed by atoms with Crippen LogP contribution < -0.4 is 10.1 Å². The Balaban J connectivity index is 3.06. The number of methoxy groups -OCH3 is 1. The Labute approximate surface area is 116 Å². The molecule has 0 aromatic heterocycles. The van der Waals surface area contributed by atoms with Gasteiger partial charge in [-0.05, 0) is 12.8 Å². The van der Waals surface area contributed by atoms with E-state index in [2.05, 4.69) is 5.32 Å². The first-order valence-electron chi connectivity index (χ1n) is 6.35. The molecule has 0 radical (unpaired) electrons. The number of nitrogens with zero attached hydrogens (tertiary/aromatic N) is 1. The zero-order valence-electron chi connectivity index (χ0n) is 11.8. The van der Waals surface area contributed by atoms with Gasteiger partial charge >= 0.3 is 0 Å². The van der Waals surface area contributed by atoms with Crippen molar-refractivity contribution < 1.29 is 19.2 Å². The number of anilines is 1. The van der Waals surface area contributed by atoms with Crippen molar-refractivity contribution in [3.8, 4) is 5.75 Å². The molecular formula is C13H19FN2O4. The Kier molecular flexibility index (Phi) is 5.26. The van der Waals surface area contributed by atoms with Crippen LogP contribution in [0.25, 0.3) is 0 Å². The predicted octanol–water partition coefficient (Wildman–Crippen LogP) is 2.71. The van der Waals surface area contributed by atoms with Crippen molar-refractivity contribution in [1.82, 2.24) is 0 Å². The van der Waals surface area contributed by atoms with Gasteiger partial charge in [-0.1, -0.05) is 13.8 Å². The third-order valence-corrected chi connectivity index (χ3v) is 3.39. The number of halogens is 1. The average Bonchev–Trinajstić information content (AvgIpc) is 2.45. The zero-order valence-corrected chi connectivity index (χ0v) is 11.8. The number of rotatable bonds is 7. The molecule has 0 spiro atoms. The highest BCUT2D eigenvalue weighted by atomic mass is 19.1. The van der Waals surface area contributed by atoms with Gasteiger partial charge in [0.2, 0.25) is 0 Å². The number of ether oxygens (including phenoxy) is 1. The number of hydrogen-bond acceptors (Lipinski definition) is 5. The van der Waals surface area contributed by atoms with Gasteiger partial charge in [0, 0.05) is 12.6 Å². The van der Waals surface area contributed by atoms with Gasteiger partial charge in [0.25, 0.3) is 5.69 Å². The number of nitro groups is 1. The van der Waals surface area contributed by atoms with Gasteiger partial charge in [0.05, 0.1) is 23.7 Å². The molecule has 112 valence electrons. The lowest BCUT2D eigenvalue weighted by Gasteiger charge is -2.25. The maximum atomic E-state index is 13.5. The molecule has 20 heavy (non-hydrogen) atoms. The molecule has 0 aliphatic heterocycles. The van der Waals surface area contributed by atoms with Crippen molar-refractivity contribution in [2.75, 3.05) is 19.0 Å². The van der Waals surface area contributed by atoms with E-state index in [-0.39, 0.29) is 18.0 Å². The summed E-state index contributed by atoms with van der Waals surface area (Å²) < 4.78 is 18.3. The molecule has 0 unspecified atom stereocenters. The first-order valence-corrected chi connectivity index (χ1v) is 6.35. The molecular weight excluding hydrogens is 267 g/mol. The average molecular weight is 286 g/mol. The molecule has 1 aromatic rings. The van der Waals surface area contributed by atoms with Gasteiger partial charge in [-0.3, -0.25) is 10.1 Å². The summed E-state index contributed by atoms with van der Waals surface area (Å²) in [6.45, 7) is 3.78. The maximum Gasteiger partial charge on any atom is 0.295 e. The Morgan fingerprint density at radius 1 is 1.45 bits per heavy atom. The van der Waals surface area contributed by atoms with E-state index < -0.39 is 22.0 Å². The smallest absolute Gasteiger partial charge is 0.295 e. The highest BCUT2D eigenvalue weighted by Gasteiger charge is 2.25.